The van der Waals surface area contributed by atoms with Crippen molar-refractivity contribution in [3.63, 3.8) is 0 Å². The van der Waals surface area contributed by atoms with Crippen LogP contribution in [0.15, 0.2) is 16.8 Å². The van der Waals surface area contributed by atoms with Gasteiger partial charge in [0.2, 0.25) is 5.91 Å². The minimum atomic E-state index is 0.0726. The zero-order valence-electron chi connectivity index (χ0n) is 10.9. The minimum Gasteiger partial charge on any atom is -0.355 e. The summed E-state index contributed by atoms with van der Waals surface area (Å²) in [5, 5.41) is 7.42. The first-order chi connectivity index (χ1) is 7.91. The molecule has 2 rings (SSSR count). The molecule has 0 aromatic carbocycles. The lowest BCUT2D eigenvalue weighted by Gasteiger charge is -2.19. The molecule has 1 aromatic rings. The molecule has 0 saturated heterocycles. The summed E-state index contributed by atoms with van der Waals surface area (Å²) in [6.45, 7) is 7.09. The lowest BCUT2D eigenvalue weighted by molar-refractivity contribution is -0.122. The average molecular weight is 251 g/mol. The van der Waals surface area contributed by atoms with E-state index in [9.17, 15) is 4.79 Å². The van der Waals surface area contributed by atoms with E-state index >= 15 is 0 Å². The first-order valence-electron chi connectivity index (χ1n) is 6.21. The topological polar surface area (TPSA) is 29.1 Å². The Labute approximate surface area is 107 Å². The standard InChI is InChI=1S/C14H21NOS/c1-13(2,3)8-12(16)15-10-14(5-6-14)11-4-7-17-9-11/h4,7,9H,5-6,8,10H2,1-3H3,(H,15,16). The quantitative estimate of drug-likeness (QED) is 0.873. The smallest absolute Gasteiger partial charge is 0.220 e. The Balaban J connectivity index is 1.85. The first-order valence-corrected chi connectivity index (χ1v) is 7.15. The number of thiophene rings is 1. The summed E-state index contributed by atoms with van der Waals surface area (Å²) >= 11 is 1.74. The van der Waals surface area contributed by atoms with Crippen LogP contribution in [0, 0.1) is 5.41 Å². The Morgan fingerprint density at radius 1 is 1.47 bits per heavy atom. The summed E-state index contributed by atoms with van der Waals surface area (Å²) in [5.74, 6) is 0.180. The van der Waals surface area contributed by atoms with Crippen LogP contribution in [0.5, 0.6) is 0 Å². The van der Waals surface area contributed by atoms with E-state index in [1.807, 2.05) is 0 Å². The van der Waals surface area contributed by atoms with E-state index in [1.165, 1.54) is 18.4 Å². The maximum absolute atomic E-state index is 11.8. The molecule has 0 radical (unpaired) electrons. The van der Waals surface area contributed by atoms with E-state index in [0.717, 1.165) is 6.54 Å². The van der Waals surface area contributed by atoms with Crippen molar-refractivity contribution in [2.24, 2.45) is 5.41 Å². The van der Waals surface area contributed by atoms with Gasteiger partial charge in [-0.3, -0.25) is 4.79 Å². The molecule has 0 atom stereocenters. The SMILES string of the molecule is CC(C)(C)CC(=O)NCC1(c2ccsc2)CC1. The van der Waals surface area contributed by atoms with Gasteiger partial charge in [-0.15, -0.1) is 0 Å². The van der Waals surface area contributed by atoms with Gasteiger partial charge in [0.1, 0.15) is 0 Å². The molecule has 1 aliphatic carbocycles. The monoisotopic (exact) mass is 251 g/mol. The van der Waals surface area contributed by atoms with Crippen molar-refractivity contribution in [2.75, 3.05) is 6.54 Å². The fourth-order valence-electron chi connectivity index (χ4n) is 2.10. The zero-order valence-corrected chi connectivity index (χ0v) is 11.7. The van der Waals surface area contributed by atoms with Gasteiger partial charge in [-0.05, 0) is 40.6 Å². The Hall–Kier alpha value is -0.830. The van der Waals surface area contributed by atoms with Crippen LogP contribution in [0.2, 0.25) is 0 Å². The number of carbonyl (C=O) groups is 1. The number of hydrogen-bond donors (Lipinski definition) is 1. The largest absolute Gasteiger partial charge is 0.355 e. The van der Waals surface area contributed by atoms with Gasteiger partial charge in [-0.1, -0.05) is 20.8 Å². The van der Waals surface area contributed by atoms with Gasteiger partial charge >= 0.3 is 0 Å². The van der Waals surface area contributed by atoms with E-state index in [0.29, 0.717) is 6.42 Å². The number of rotatable bonds is 4. The molecule has 94 valence electrons. The molecule has 1 saturated carbocycles. The van der Waals surface area contributed by atoms with Gasteiger partial charge in [0.05, 0.1) is 0 Å². The maximum atomic E-state index is 11.8. The van der Waals surface area contributed by atoms with E-state index in [1.54, 1.807) is 11.3 Å². The van der Waals surface area contributed by atoms with E-state index in [2.05, 4.69) is 42.9 Å². The molecule has 1 heterocycles. The Morgan fingerprint density at radius 3 is 2.65 bits per heavy atom. The Bertz CT molecular complexity index is 385. The van der Waals surface area contributed by atoms with Crippen LogP contribution in [0.25, 0.3) is 0 Å². The number of hydrogen-bond acceptors (Lipinski definition) is 2. The third-order valence-electron chi connectivity index (χ3n) is 3.30. The summed E-state index contributed by atoms with van der Waals surface area (Å²) < 4.78 is 0. The molecule has 0 spiro atoms. The van der Waals surface area contributed by atoms with Crippen molar-refractivity contribution in [3.05, 3.63) is 22.4 Å². The van der Waals surface area contributed by atoms with Crippen LogP contribution in [-0.4, -0.2) is 12.5 Å². The second-order valence-corrected chi connectivity index (χ2v) is 7.09. The summed E-state index contributed by atoms with van der Waals surface area (Å²) in [6.07, 6.45) is 3.02. The van der Waals surface area contributed by atoms with E-state index < -0.39 is 0 Å². The molecule has 0 bridgehead atoms. The highest BCUT2D eigenvalue weighted by Gasteiger charge is 2.44. The predicted octanol–water partition coefficient (Wildman–Crippen LogP) is 3.33. The van der Waals surface area contributed by atoms with Crippen LogP contribution in [0.1, 0.15) is 45.6 Å². The zero-order chi connectivity index (χ0) is 12.5. The van der Waals surface area contributed by atoms with Crippen LogP contribution in [0.4, 0.5) is 0 Å². The van der Waals surface area contributed by atoms with Gasteiger partial charge in [-0.25, -0.2) is 0 Å². The molecule has 1 amide bonds. The highest BCUT2D eigenvalue weighted by atomic mass is 32.1. The molecule has 2 nitrogen and oxygen atoms in total. The van der Waals surface area contributed by atoms with Crippen LogP contribution in [-0.2, 0) is 10.2 Å². The summed E-state index contributed by atoms with van der Waals surface area (Å²) in [5.41, 5.74) is 1.73. The first kappa shape index (κ1) is 12.6. The lowest BCUT2D eigenvalue weighted by Crippen LogP contribution is -2.34. The summed E-state index contributed by atoms with van der Waals surface area (Å²) in [4.78, 5) is 11.8. The fourth-order valence-corrected chi connectivity index (χ4v) is 2.88. The highest BCUT2D eigenvalue weighted by Crippen LogP contribution is 2.48. The van der Waals surface area contributed by atoms with Crippen molar-refractivity contribution < 1.29 is 4.79 Å². The van der Waals surface area contributed by atoms with Crippen molar-refractivity contribution in [1.82, 2.24) is 5.32 Å². The summed E-state index contributed by atoms with van der Waals surface area (Å²) in [7, 11) is 0. The van der Waals surface area contributed by atoms with Crippen LogP contribution in [0.3, 0.4) is 0 Å². The van der Waals surface area contributed by atoms with Gasteiger partial charge in [-0.2, -0.15) is 11.3 Å². The van der Waals surface area contributed by atoms with Crippen LogP contribution >= 0.6 is 11.3 Å². The maximum Gasteiger partial charge on any atom is 0.220 e. The molecular formula is C14H21NOS. The van der Waals surface area contributed by atoms with Crippen molar-refractivity contribution in [1.29, 1.82) is 0 Å². The number of carbonyl (C=O) groups excluding carboxylic acids is 1. The Kier molecular flexibility index (Phi) is 3.30. The number of nitrogens with one attached hydrogen (secondary N) is 1. The van der Waals surface area contributed by atoms with Gasteiger partial charge in [0, 0.05) is 18.4 Å². The second-order valence-electron chi connectivity index (χ2n) is 6.31. The van der Waals surface area contributed by atoms with Crippen molar-refractivity contribution >= 4 is 17.2 Å². The van der Waals surface area contributed by atoms with E-state index in [-0.39, 0.29) is 16.7 Å². The van der Waals surface area contributed by atoms with Gasteiger partial charge < -0.3 is 5.32 Å². The lowest BCUT2D eigenvalue weighted by atomic mass is 9.91. The molecule has 3 heteroatoms. The van der Waals surface area contributed by atoms with Crippen molar-refractivity contribution in [2.45, 2.75) is 45.4 Å². The van der Waals surface area contributed by atoms with E-state index in [4.69, 9.17) is 0 Å². The molecule has 0 aliphatic heterocycles. The summed E-state index contributed by atoms with van der Waals surface area (Å²) in [6, 6.07) is 2.19. The average Bonchev–Trinajstić information content (AvgIpc) is 2.78. The molecule has 1 fully saturated rings. The van der Waals surface area contributed by atoms with Crippen molar-refractivity contribution in [3.8, 4) is 0 Å². The van der Waals surface area contributed by atoms with Gasteiger partial charge in [0.15, 0.2) is 0 Å². The normalized spacial score (nSPS) is 17.8. The molecule has 0 unspecified atom stereocenters. The predicted molar refractivity (Wildman–Crippen MR) is 72.3 cm³/mol. The highest BCUT2D eigenvalue weighted by molar-refractivity contribution is 7.08. The number of amides is 1. The second kappa shape index (κ2) is 4.45. The molecule has 17 heavy (non-hydrogen) atoms. The third-order valence-corrected chi connectivity index (χ3v) is 3.99. The minimum absolute atomic E-state index is 0.0726. The van der Waals surface area contributed by atoms with Crippen LogP contribution < -0.4 is 5.32 Å². The van der Waals surface area contributed by atoms with Gasteiger partial charge in [0.25, 0.3) is 0 Å². The molecule has 1 N–H and O–H groups in total. The third kappa shape index (κ3) is 3.32. The molecule has 1 aliphatic rings. The fraction of sp³-hybridized carbons (Fsp3) is 0.643. The molecule has 1 aromatic heterocycles. The molecular weight excluding hydrogens is 230 g/mol. The Morgan fingerprint density at radius 2 is 2.18 bits per heavy atom.